The Morgan fingerprint density at radius 2 is 2.39 bits per heavy atom. The molecule has 1 aromatic rings. The van der Waals surface area contributed by atoms with E-state index in [2.05, 4.69) is 17.2 Å². The number of rotatable bonds is 3. The molecule has 2 atom stereocenters. The van der Waals surface area contributed by atoms with Crippen LogP contribution in [-0.2, 0) is 9.47 Å². The fraction of sp³-hybridized carbons (Fsp3) is 0.667. The van der Waals surface area contributed by atoms with E-state index < -0.39 is 0 Å². The van der Waals surface area contributed by atoms with Gasteiger partial charge in [-0.25, -0.2) is 9.78 Å². The molecule has 2 heterocycles. The molecule has 2 unspecified atom stereocenters. The Kier molecular flexibility index (Phi) is 3.59. The van der Waals surface area contributed by atoms with Crippen molar-refractivity contribution < 1.29 is 14.3 Å². The SMILES string of the molecule is COC(=O)c1sc(NC2(C)CCOC2C)nc1C. The summed E-state index contributed by atoms with van der Waals surface area (Å²) in [5.74, 6) is -0.334. The van der Waals surface area contributed by atoms with Gasteiger partial charge in [0.15, 0.2) is 5.13 Å². The van der Waals surface area contributed by atoms with E-state index in [4.69, 9.17) is 9.47 Å². The molecule has 0 bridgehead atoms. The molecule has 1 saturated heterocycles. The first-order valence-electron chi connectivity index (χ1n) is 5.92. The minimum absolute atomic E-state index is 0.127. The first kappa shape index (κ1) is 13.3. The molecule has 6 heteroatoms. The number of hydrogen-bond donors (Lipinski definition) is 1. The lowest BCUT2D eigenvalue weighted by Crippen LogP contribution is -2.41. The zero-order valence-corrected chi connectivity index (χ0v) is 11.9. The highest BCUT2D eigenvalue weighted by Gasteiger charge is 2.37. The van der Waals surface area contributed by atoms with Gasteiger partial charge in [-0.1, -0.05) is 11.3 Å². The molecule has 0 aromatic carbocycles. The van der Waals surface area contributed by atoms with Crippen molar-refractivity contribution in [2.75, 3.05) is 19.0 Å². The lowest BCUT2D eigenvalue weighted by atomic mass is 9.95. The van der Waals surface area contributed by atoms with Crippen LogP contribution in [0.2, 0.25) is 0 Å². The Hall–Kier alpha value is -1.14. The van der Waals surface area contributed by atoms with Crippen molar-refractivity contribution in [1.29, 1.82) is 0 Å². The van der Waals surface area contributed by atoms with Gasteiger partial charge in [-0.2, -0.15) is 0 Å². The van der Waals surface area contributed by atoms with Crippen LogP contribution in [-0.4, -0.2) is 36.3 Å². The van der Waals surface area contributed by atoms with Crippen molar-refractivity contribution in [2.45, 2.75) is 38.8 Å². The van der Waals surface area contributed by atoms with Crippen molar-refractivity contribution in [3.63, 3.8) is 0 Å². The molecule has 1 aromatic heterocycles. The van der Waals surface area contributed by atoms with Crippen LogP contribution in [0.25, 0.3) is 0 Å². The van der Waals surface area contributed by atoms with Gasteiger partial charge >= 0.3 is 5.97 Å². The Balaban J connectivity index is 2.18. The molecule has 1 fully saturated rings. The summed E-state index contributed by atoms with van der Waals surface area (Å²) in [7, 11) is 1.38. The van der Waals surface area contributed by atoms with Gasteiger partial charge in [-0.15, -0.1) is 0 Å². The minimum Gasteiger partial charge on any atom is -0.465 e. The third-order valence-corrected chi connectivity index (χ3v) is 4.50. The summed E-state index contributed by atoms with van der Waals surface area (Å²) in [6.45, 7) is 6.71. The number of esters is 1. The first-order valence-corrected chi connectivity index (χ1v) is 6.73. The van der Waals surface area contributed by atoms with E-state index in [0.717, 1.165) is 18.2 Å². The molecule has 0 spiro atoms. The number of carbonyl (C=O) groups is 1. The number of thiazole rings is 1. The fourth-order valence-corrected chi connectivity index (χ4v) is 3.00. The number of hydrogen-bond acceptors (Lipinski definition) is 6. The third kappa shape index (κ3) is 2.35. The van der Waals surface area contributed by atoms with Crippen LogP contribution in [0.15, 0.2) is 0 Å². The number of aryl methyl sites for hydroxylation is 1. The fourth-order valence-electron chi connectivity index (χ4n) is 1.98. The van der Waals surface area contributed by atoms with Gasteiger partial charge in [0, 0.05) is 6.61 Å². The van der Waals surface area contributed by atoms with E-state index >= 15 is 0 Å². The van der Waals surface area contributed by atoms with Gasteiger partial charge in [-0.3, -0.25) is 0 Å². The van der Waals surface area contributed by atoms with Gasteiger partial charge < -0.3 is 14.8 Å². The highest BCUT2D eigenvalue weighted by molar-refractivity contribution is 7.17. The zero-order valence-electron chi connectivity index (χ0n) is 11.1. The number of aromatic nitrogens is 1. The van der Waals surface area contributed by atoms with Gasteiger partial charge in [-0.05, 0) is 27.2 Å². The number of methoxy groups -OCH3 is 1. The molecule has 18 heavy (non-hydrogen) atoms. The molecule has 0 saturated carbocycles. The lowest BCUT2D eigenvalue weighted by molar-refractivity contribution is 0.0605. The van der Waals surface area contributed by atoms with Crippen LogP contribution in [0.5, 0.6) is 0 Å². The summed E-state index contributed by atoms with van der Waals surface area (Å²) in [4.78, 5) is 16.4. The van der Waals surface area contributed by atoms with Crippen LogP contribution < -0.4 is 5.32 Å². The van der Waals surface area contributed by atoms with E-state index in [9.17, 15) is 4.79 Å². The van der Waals surface area contributed by atoms with Crippen molar-refractivity contribution in [3.8, 4) is 0 Å². The standard InChI is InChI=1S/C12H18N2O3S/c1-7-9(10(15)16-4)18-11(13-7)14-12(3)5-6-17-8(12)2/h8H,5-6H2,1-4H3,(H,13,14). The Morgan fingerprint density at radius 1 is 1.67 bits per heavy atom. The average Bonchev–Trinajstić information content (AvgIpc) is 2.83. The molecule has 5 nitrogen and oxygen atoms in total. The summed E-state index contributed by atoms with van der Waals surface area (Å²) >= 11 is 1.33. The Bertz CT molecular complexity index is 460. The minimum atomic E-state index is -0.334. The first-order chi connectivity index (χ1) is 8.46. The third-order valence-electron chi connectivity index (χ3n) is 3.45. The Morgan fingerprint density at radius 3 is 2.94 bits per heavy atom. The molecule has 1 aliphatic rings. The summed E-state index contributed by atoms with van der Waals surface area (Å²) in [5.41, 5.74) is 0.571. The molecule has 2 rings (SSSR count). The maximum absolute atomic E-state index is 11.5. The van der Waals surface area contributed by atoms with Crippen LogP contribution in [0.3, 0.4) is 0 Å². The van der Waals surface area contributed by atoms with Gasteiger partial charge in [0.2, 0.25) is 0 Å². The molecular weight excluding hydrogens is 252 g/mol. The number of nitrogens with zero attached hydrogens (tertiary/aromatic N) is 1. The van der Waals surface area contributed by atoms with E-state index in [-0.39, 0.29) is 17.6 Å². The Labute approximate surface area is 111 Å². The van der Waals surface area contributed by atoms with Crippen molar-refractivity contribution in [3.05, 3.63) is 10.6 Å². The topological polar surface area (TPSA) is 60.5 Å². The molecule has 100 valence electrons. The number of carbonyl (C=O) groups excluding carboxylic acids is 1. The summed E-state index contributed by atoms with van der Waals surface area (Å²) in [5, 5.41) is 4.13. The van der Waals surface area contributed by atoms with E-state index in [1.54, 1.807) is 0 Å². The summed E-state index contributed by atoms with van der Waals surface area (Å²) < 4.78 is 10.3. The molecule has 0 aliphatic carbocycles. The lowest BCUT2D eigenvalue weighted by Gasteiger charge is -2.28. The average molecular weight is 270 g/mol. The van der Waals surface area contributed by atoms with Crippen molar-refractivity contribution in [1.82, 2.24) is 4.98 Å². The van der Waals surface area contributed by atoms with Gasteiger partial charge in [0.25, 0.3) is 0 Å². The molecule has 1 aliphatic heterocycles. The normalized spacial score (nSPS) is 27.2. The predicted octanol–water partition coefficient (Wildman–Crippen LogP) is 2.22. The second-order valence-electron chi connectivity index (χ2n) is 4.73. The van der Waals surface area contributed by atoms with Crippen LogP contribution >= 0.6 is 11.3 Å². The second-order valence-corrected chi connectivity index (χ2v) is 5.73. The van der Waals surface area contributed by atoms with Crippen molar-refractivity contribution >= 4 is 22.4 Å². The summed E-state index contributed by atoms with van der Waals surface area (Å²) in [6, 6.07) is 0. The molecule has 0 amide bonds. The number of ether oxygens (including phenoxy) is 2. The highest BCUT2D eigenvalue weighted by Crippen LogP contribution is 2.32. The maximum Gasteiger partial charge on any atom is 0.350 e. The van der Waals surface area contributed by atoms with Crippen LogP contribution in [0, 0.1) is 6.92 Å². The number of anilines is 1. The zero-order chi connectivity index (χ0) is 13.3. The highest BCUT2D eigenvalue weighted by atomic mass is 32.1. The second kappa shape index (κ2) is 4.85. The van der Waals surface area contributed by atoms with E-state index in [0.29, 0.717) is 10.6 Å². The summed E-state index contributed by atoms with van der Waals surface area (Å²) in [6.07, 6.45) is 1.06. The van der Waals surface area contributed by atoms with E-state index in [1.807, 2.05) is 13.8 Å². The largest absolute Gasteiger partial charge is 0.465 e. The van der Waals surface area contributed by atoms with Gasteiger partial charge in [0.05, 0.1) is 24.4 Å². The van der Waals surface area contributed by atoms with Crippen LogP contribution in [0.4, 0.5) is 5.13 Å². The quantitative estimate of drug-likeness (QED) is 0.853. The number of nitrogens with one attached hydrogen (secondary N) is 1. The molecule has 0 radical (unpaired) electrons. The maximum atomic E-state index is 11.5. The van der Waals surface area contributed by atoms with E-state index in [1.165, 1.54) is 18.4 Å². The molecular formula is C12H18N2O3S. The predicted molar refractivity (Wildman–Crippen MR) is 70.2 cm³/mol. The van der Waals surface area contributed by atoms with Gasteiger partial charge in [0.1, 0.15) is 4.88 Å². The monoisotopic (exact) mass is 270 g/mol. The smallest absolute Gasteiger partial charge is 0.350 e. The molecule has 1 N–H and O–H groups in total. The van der Waals surface area contributed by atoms with Crippen molar-refractivity contribution in [2.24, 2.45) is 0 Å². The van der Waals surface area contributed by atoms with Crippen LogP contribution in [0.1, 0.15) is 35.6 Å².